The SMILES string of the molecule is Cc1c(Cl)cccc1S(=O)(=O)NCCn1ccc(-c2ccsc2)n1. The number of nitrogens with one attached hydrogen (secondary N) is 1. The molecular weight excluding hydrogens is 366 g/mol. The Kier molecular flexibility index (Phi) is 5.05. The summed E-state index contributed by atoms with van der Waals surface area (Å²) in [4.78, 5) is 0.203. The van der Waals surface area contributed by atoms with Crippen LogP contribution in [0, 0.1) is 6.92 Å². The van der Waals surface area contributed by atoms with Gasteiger partial charge >= 0.3 is 0 Å². The molecule has 1 N–H and O–H groups in total. The number of benzene rings is 1. The Hall–Kier alpha value is -1.67. The van der Waals surface area contributed by atoms with Gasteiger partial charge in [-0.2, -0.15) is 16.4 Å². The fourth-order valence-corrected chi connectivity index (χ4v) is 4.47. The van der Waals surface area contributed by atoms with E-state index in [0.717, 1.165) is 11.3 Å². The van der Waals surface area contributed by atoms with Crippen LogP contribution in [0.1, 0.15) is 5.56 Å². The van der Waals surface area contributed by atoms with Crippen molar-refractivity contribution < 1.29 is 8.42 Å². The number of sulfonamides is 1. The van der Waals surface area contributed by atoms with Gasteiger partial charge < -0.3 is 0 Å². The molecule has 0 unspecified atom stereocenters. The van der Waals surface area contributed by atoms with Gasteiger partial charge in [-0.25, -0.2) is 13.1 Å². The van der Waals surface area contributed by atoms with Crippen LogP contribution in [-0.4, -0.2) is 24.7 Å². The summed E-state index contributed by atoms with van der Waals surface area (Å²) in [6, 6.07) is 8.77. The van der Waals surface area contributed by atoms with Crippen LogP contribution in [0.25, 0.3) is 11.3 Å². The van der Waals surface area contributed by atoms with E-state index in [-0.39, 0.29) is 11.4 Å². The van der Waals surface area contributed by atoms with Gasteiger partial charge in [0.15, 0.2) is 0 Å². The molecule has 2 heterocycles. The van der Waals surface area contributed by atoms with E-state index in [0.29, 0.717) is 17.1 Å². The highest BCUT2D eigenvalue weighted by Gasteiger charge is 2.17. The fourth-order valence-electron chi connectivity index (χ4n) is 2.30. The van der Waals surface area contributed by atoms with E-state index < -0.39 is 10.0 Å². The summed E-state index contributed by atoms with van der Waals surface area (Å²) in [7, 11) is -3.59. The van der Waals surface area contributed by atoms with E-state index in [1.807, 2.05) is 29.1 Å². The Labute approximate surface area is 150 Å². The lowest BCUT2D eigenvalue weighted by Gasteiger charge is -2.10. The summed E-state index contributed by atoms with van der Waals surface area (Å²) in [6.07, 6.45) is 1.84. The molecule has 0 atom stereocenters. The van der Waals surface area contributed by atoms with Gasteiger partial charge in [0, 0.05) is 28.7 Å². The first-order valence-electron chi connectivity index (χ1n) is 7.28. The first-order valence-corrected chi connectivity index (χ1v) is 10.1. The van der Waals surface area contributed by atoms with E-state index in [9.17, 15) is 8.42 Å². The van der Waals surface area contributed by atoms with Crippen molar-refractivity contribution in [2.75, 3.05) is 6.54 Å². The van der Waals surface area contributed by atoms with Crippen molar-refractivity contribution in [1.29, 1.82) is 0 Å². The molecule has 0 spiro atoms. The van der Waals surface area contributed by atoms with Crippen molar-refractivity contribution >= 4 is 33.0 Å². The summed E-state index contributed by atoms with van der Waals surface area (Å²) >= 11 is 7.61. The summed E-state index contributed by atoms with van der Waals surface area (Å²) in [6.45, 7) is 2.39. The molecule has 0 aliphatic heterocycles. The molecule has 3 rings (SSSR count). The number of aromatic nitrogens is 2. The zero-order valence-corrected chi connectivity index (χ0v) is 15.3. The van der Waals surface area contributed by atoms with Crippen LogP contribution in [0.2, 0.25) is 5.02 Å². The van der Waals surface area contributed by atoms with Crippen molar-refractivity contribution in [3.63, 3.8) is 0 Å². The minimum atomic E-state index is -3.59. The largest absolute Gasteiger partial charge is 0.271 e. The second-order valence-corrected chi connectivity index (χ2v) is 8.16. The fraction of sp³-hybridized carbons (Fsp3) is 0.188. The van der Waals surface area contributed by atoms with Gasteiger partial charge in [-0.3, -0.25) is 4.68 Å². The smallest absolute Gasteiger partial charge is 0.240 e. The van der Waals surface area contributed by atoms with Crippen molar-refractivity contribution in [1.82, 2.24) is 14.5 Å². The molecule has 0 aliphatic carbocycles. The normalized spacial score (nSPS) is 11.8. The van der Waals surface area contributed by atoms with Crippen LogP contribution < -0.4 is 4.72 Å². The Bertz CT molecular complexity index is 934. The molecule has 0 saturated heterocycles. The van der Waals surface area contributed by atoms with Crippen LogP contribution in [0.15, 0.2) is 52.2 Å². The van der Waals surface area contributed by atoms with E-state index in [4.69, 9.17) is 11.6 Å². The summed E-state index contributed by atoms with van der Waals surface area (Å²) < 4.78 is 29.1. The number of halogens is 1. The second kappa shape index (κ2) is 7.06. The van der Waals surface area contributed by atoms with Crippen LogP contribution in [0.4, 0.5) is 0 Å². The number of thiophene rings is 1. The predicted octanol–water partition coefficient (Wildman–Crippen LogP) is 3.55. The molecule has 24 heavy (non-hydrogen) atoms. The number of hydrogen-bond donors (Lipinski definition) is 1. The van der Waals surface area contributed by atoms with Crippen LogP contribution in [-0.2, 0) is 16.6 Å². The van der Waals surface area contributed by atoms with E-state index in [1.54, 1.807) is 41.1 Å². The predicted molar refractivity (Wildman–Crippen MR) is 96.9 cm³/mol. The Morgan fingerprint density at radius 3 is 2.88 bits per heavy atom. The van der Waals surface area contributed by atoms with Crippen molar-refractivity contribution in [2.45, 2.75) is 18.4 Å². The highest BCUT2D eigenvalue weighted by Crippen LogP contribution is 2.22. The Balaban J connectivity index is 1.65. The van der Waals surface area contributed by atoms with Crippen molar-refractivity contribution in [3.05, 3.63) is 57.9 Å². The first kappa shape index (κ1) is 17.2. The van der Waals surface area contributed by atoms with Crippen molar-refractivity contribution in [3.8, 4) is 11.3 Å². The lowest BCUT2D eigenvalue weighted by molar-refractivity contribution is 0.561. The van der Waals surface area contributed by atoms with Gasteiger partial charge in [0.2, 0.25) is 10.0 Å². The lowest BCUT2D eigenvalue weighted by Crippen LogP contribution is -2.28. The van der Waals surface area contributed by atoms with Crippen LogP contribution >= 0.6 is 22.9 Å². The Morgan fingerprint density at radius 2 is 2.12 bits per heavy atom. The van der Waals surface area contributed by atoms with Crippen LogP contribution in [0.5, 0.6) is 0 Å². The Morgan fingerprint density at radius 1 is 1.29 bits per heavy atom. The summed E-state index contributed by atoms with van der Waals surface area (Å²) in [5.74, 6) is 0. The van der Waals surface area contributed by atoms with Gasteiger partial charge in [0.05, 0.1) is 17.1 Å². The maximum atomic E-state index is 12.4. The van der Waals surface area contributed by atoms with Gasteiger partial charge in [-0.1, -0.05) is 17.7 Å². The van der Waals surface area contributed by atoms with Gasteiger partial charge in [0.25, 0.3) is 0 Å². The van der Waals surface area contributed by atoms with Gasteiger partial charge in [-0.05, 0) is 42.1 Å². The lowest BCUT2D eigenvalue weighted by atomic mass is 10.2. The van der Waals surface area contributed by atoms with E-state index in [1.165, 1.54) is 0 Å². The molecular formula is C16H16ClN3O2S2. The molecule has 0 aliphatic rings. The number of rotatable bonds is 6. The van der Waals surface area contributed by atoms with Crippen molar-refractivity contribution in [2.24, 2.45) is 0 Å². The maximum absolute atomic E-state index is 12.4. The quantitative estimate of drug-likeness (QED) is 0.710. The standard InChI is InChI=1S/C16H16ClN3O2S2/c1-12-14(17)3-2-4-16(12)24(21,22)18-7-9-20-8-5-15(19-20)13-6-10-23-11-13/h2-6,8,10-11,18H,7,9H2,1H3. The molecule has 0 fully saturated rings. The second-order valence-electron chi connectivity index (χ2n) is 5.24. The van der Waals surface area contributed by atoms with Crippen LogP contribution in [0.3, 0.4) is 0 Å². The molecule has 1 aromatic carbocycles. The molecule has 2 aromatic heterocycles. The molecule has 126 valence electrons. The highest BCUT2D eigenvalue weighted by atomic mass is 35.5. The molecule has 0 saturated carbocycles. The average molecular weight is 382 g/mol. The number of hydrogen-bond acceptors (Lipinski definition) is 4. The third-order valence-corrected chi connectivity index (χ3v) is 6.30. The minimum absolute atomic E-state index is 0.203. The minimum Gasteiger partial charge on any atom is -0.271 e. The summed E-state index contributed by atoms with van der Waals surface area (Å²) in [5, 5.41) is 8.90. The molecule has 3 aromatic rings. The third kappa shape index (κ3) is 3.70. The zero-order chi connectivity index (χ0) is 17.2. The zero-order valence-electron chi connectivity index (χ0n) is 12.9. The third-order valence-electron chi connectivity index (χ3n) is 3.60. The van der Waals surface area contributed by atoms with E-state index in [2.05, 4.69) is 9.82 Å². The van der Waals surface area contributed by atoms with Gasteiger partial charge in [0.1, 0.15) is 0 Å². The maximum Gasteiger partial charge on any atom is 0.240 e. The highest BCUT2D eigenvalue weighted by molar-refractivity contribution is 7.89. The first-order chi connectivity index (χ1) is 11.5. The molecule has 0 bridgehead atoms. The molecule has 0 radical (unpaired) electrons. The average Bonchev–Trinajstić information content (AvgIpc) is 3.20. The monoisotopic (exact) mass is 381 g/mol. The van der Waals surface area contributed by atoms with Gasteiger partial charge in [-0.15, -0.1) is 0 Å². The number of nitrogens with zero attached hydrogens (tertiary/aromatic N) is 2. The molecule has 8 heteroatoms. The molecule has 5 nitrogen and oxygen atoms in total. The molecule has 0 amide bonds. The topological polar surface area (TPSA) is 64.0 Å². The summed E-state index contributed by atoms with van der Waals surface area (Å²) in [5.41, 5.74) is 2.49. The van der Waals surface area contributed by atoms with E-state index >= 15 is 0 Å².